The Morgan fingerprint density at radius 1 is 1.25 bits per heavy atom. The lowest BCUT2D eigenvalue weighted by molar-refractivity contribution is 0.275. The van der Waals surface area contributed by atoms with Crippen molar-refractivity contribution < 1.29 is 17.9 Å². The summed E-state index contributed by atoms with van der Waals surface area (Å²) >= 11 is 0. The van der Waals surface area contributed by atoms with E-state index in [1.807, 2.05) is 13.8 Å². The molecule has 1 N–H and O–H groups in total. The predicted octanol–water partition coefficient (Wildman–Crippen LogP) is 2.37. The summed E-state index contributed by atoms with van der Waals surface area (Å²) in [6, 6.07) is 3.32. The van der Waals surface area contributed by atoms with Gasteiger partial charge in [-0.05, 0) is 38.0 Å². The first-order chi connectivity index (χ1) is 9.20. The standard InChI is InChI=1S/C14H22FNO3S/c1-10(2)8-16(11(3)4)20(18,19)13-5-6-14(15)12(7-13)9-17/h5-7,10-11,17H,8-9H2,1-4H3. The van der Waals surface area contributed by atoms with E-state index in [-0.39, 0.29) is 22.4 Å². The van der Waals surface area contributed by atoms with Gasteiger partial charge in [0.15, 0.2) is 0 Å². The van der Waals surface area contributed by atoms with Gasteiger partial charge in [0.05, 0.1) is 11.5 Å². The summed E-state index contributed by atoms with van der Waals surface area (Å²) < 4.78 is 40.0. The number of hydrogen-bond donors (Lipinski definition) is 1. The third-order valence-corrected chi connectivity index (χ3v) is 4.95. The fourth-order valence-corrected chi connectivity index (χ4v) is 3.77. The average molecular weight is 303 g/mol. The average Bonchev–Trinajstić information content (AvgIpc) is 2.35. The van der Waals surface area contributed by atoms with Crippen LogP contribution >= 0.6 is 0 Å². The van der Waals surface area contributed by atoms with Gasteiger partial charge in [-0.3, -0.25) is 0 Å². The van der Waals surface area contributed by atoms with Crippen LogP contribution in [0, 0.1) is 11.7 Å². The van der Waals surface area contributed by atoms with E-state index in [0.717, 1.165) is 6.07 Å². The van der Waals surface area contributed by atoms with Crippen molar-refractivity contribution in [3.05, 3.63) is 29.6 Å². The van der Waals surface area contributed by atoms with Gasteiger partial charge in [0.2, 0.25) is 10.0 Å². The fourth-order valence-electron chi connectivity index (χ4n) is 1.91. The number of hydrogen-bond acceptors (Lipinski definition) is 3. The van der Waals surface area contributed by atoms with Crippen LogP contribution in [0.2, 0.25) is 0 Å². The molecule has 0 amide bonds. The van der Waals surface area contributed by atoms with E-state index >= 15 is 0 Å². The van der Waals surface area contributed by atoms with Crippen molar-refractivity contribution in [2.24, 2.45) is 5.92 Å². The Kier molecular flexibility index (Phi) is 5.68. The Hall–Kier alpha value is -0.980. The molecule has 0 heterocycles. The van der Waals surface area contributed by atoms with Gasteiger partial charge in [0.1, 0.15) is 5.82 Å². The summed E-state index contributed by atoms with van der Waals surface area (Å²) in [5.41, 5.74) is -0.0145. The van der Waals surface area contributed by atoms with Gasteiger partial charge in [-0.25, -0.2) is 12.8 Å². The molecule has 0 atom stereocenters. The van der Waals surface area contributed by atoms with Crippen LogP contribution in [0.5, 0.6) is 0 Å². The quantitative estimate of drug-likeness (QED) is 0.878. The first kappa shape index (κ1) is 17.1. The van der Waals surface area contributed by atoms with Crippen molar-refractivity contribution >= 4 is 10.0 Å². The molecular weight excluding hydrogens is 281 g/mol. The Bertz CT molecular complexity index is 556. The summed E-state index contributed by atoms with van der Waals surface area (Å²) in [6.45, 7) is 7.35. The highest BCUT2D eigenvalue weighted by molar-refractivity contribution is 7.89. The molecule has 4 nitrogen and oxygen atoms in total. The van der Waals surface area contributed by atoms with Gasteiger partial charge in [0, 0.05) is 18.2 Å². The van der Waals surface area contributed by atoms with E-state index in [0.29, 0.717) is 6.54 Å². The molecule has 0 aliphatic heterocycles. The maximum atomic E-state index is 13.4. The second-order valence-corrected chi connectivity index (χ2v) is 7.36. The van der Waals surface area contributed by atoms with Crippen LogP contribution < -0.4 is 0 Å². The molecule has 1 rings (SSSR count). The third-order valence-electron chi connectivity index (χ3n) is 2.92. The lowest BCUT2D eigenvalue weighted by Crippen LogP contribution is -2.39. The van der Waals surface area contributed by atoms with Crippen molar-refractivity contribution in [1.82, 2.24) is 4.31 Å². The van der Waals surface area contributed by atoms with Crippen LogP contribution in [0.4, 0.5) is 4.39 Å². The Morgan fingerprint density at radius 3 is 2.30 bits per heavy atom. The maximum Gasteiger partial charge on any atom is 0.243 e. The molecule has 0 aliphatic carbocycles. The zero-order valence-electron chi connectivity index (χ0n) is 12.3. The lowest BCUT2D eigenvalue weighted by atomic mass is 10.2. The van der Waals surface area contributed by atoms with Crippen LogP contribution in [-0.4, -0.2) is 30.4 Å². The first-order valence-corrected chi connectivity index (χ1v) is 8.05. The first-order valence-electron chi connectivity index (χ1n) is 6.61. The topological polar surface area (TPSA) is 57.6 Å². The Balaban J connectivity index is 3.26. The van der Waals surface area contributed by atoms with Crippen LogP contribution in [0.25, 0.3) is 0 Å². The molecular formula is C14H22FNO3S. The molecule has 0 bridgehead atoms. The number of rotatable bonds is 6. The normalized spacial score (nSPS) is 12.7. The smallest absolute Gasteiger partial charge is 0.243 e. The van der Waals surface area contributed by atoms with Gasteiger partial charge in [-0.15, -0.1) is 0 Å². The van der Waals surface area contributed by atoms with Crippen molar-refractivity contribution in [2.75, 3.05) is 6.54 Å². The highest BCUT2D eigenvalue weighted by Crippen LogP contribution is 2.22. The molecule has 0 saturated carbocycles. The summed E-state index contributed by atoms with van der Waals surface area (Å²) in [5.74, 6) is -0.420. The number of sulfonamides is 1. The molecule has 0 radical (unpaired) electrons. The monoisotopic (exact) mass is 303 g/mol. The number of benzene rings is 1. The molecule has 0 aromatic heterocycles. The molecule has 0 spiro atoms. The molecule has 0 aliphatic rings. The van der Waals surface area contributed by atoms with E-state index in [1.54, 1.807) is 13.8 Å². The highest BCUT2D eigenvalue weighted by atomic mass is 32.2. The number of halogens is 1. The number of nitrogens with zero attached hydrogens (tertiary/aromatic N) is 1. The van der Waals surface area contributed by atoms with E-state index in [9.17, 15) is 12.8 Å². The number of aliphatic hydroxyl groups is 1. The minimum Gasteiger partial charge on any atom is -0.392 e. The zero-order chi connectivity index (χ0) is 15.5. The third kappa shape index (κ3) is 3.77. The SMILES string of the molecule is CC(C)CN(C(C)C)S(=O)(=O)c1ccc(F)c(CO)c1. The molecule has 0 saturated heterocycles. The van der Waals surface area contributed by atoms with E-state index in [4.69, 9.17) is 5.11 Å². The van der Waals surface area contributed by atoms with E-state index in [2.05, 4.69) is 0 Å². The molecule has 0 unspecified atom stereocenters. The lowest BCUT2D eigenvalue weighted by Gasteiger charge is -2.27. The summed E-state index contributed by atoms with van der Waals surface area (Å²) in [6.07, 6.45) is 0. The molecule has 6 heteroatoms. The fraction of sp³-hybridized carbons (Fsp3) is 0.571. The molecule has 0 fully saturated rings. The van der Waals surface area contributed by atoms with Gasteiger partial charge in [-0.2, -0.15) is 4.31 Å². The van der Waals surface area contributed by atoms with E-state index in [1.165, 1.54) is 16.4 Å². The zero-order valence-corrected chi connectivity index (χ0v) is 13.1. The molecule has 114 valence electrons. The van der Waals surface area contributed by atoms with Gasteiger partial charge >= 0.3 is 0 Å². The second-order valence-electron chi connectivity index (χ2n) is 5.47. The van der Waals surface area contributed by atoms with Crippen molar-refractivity contribution in [3.8, 4) is 0 Å². The molecule has 1 aromatic rings. The van der Waals surface area contributed by atoms with Gasteiger partial charge in [-0.1, -0.05) is 13.8 Å². The van der Waals surface area contributed by atoms with Crippen LogP contribution in [-0.2, 0) is 16.6 Å². The van der Waals surface area contributed by atoms with Crippen LogP contribution in [0.1, 0.15) is 33.3 Å². The maximum absolute atomic E-state index is 13.4. The molecule has 1 aromatic carbocycles. The summed E-state index contributed by atoms with van der Waals surface area (Å²) in [5, 5.41) is 9.05. The van der Waals surface area contributed by atoms with Crippen LogP contribution in [0.15, 0.2) is 23.1 Å². The Labute approximate surface area is 120 Å². The highest BCUT2D eigenvalue weighted by Gasteiger charge is 2.28. The number of aliphatic hydroxyl groups excluding tert-OH is 1. The van der Waals surface area contributed by atoms with E-state index < -0.39 is 22.4 Å². The van der Waals surface area contributed by atoms with Crippen molar-refractivity contribution in [1.29, 1.82) is 0 Å². The van der Waals surface area contributed by atoms with Gasteiger partial charge < -0.3 is 5.11 Å². The van der Waals surface area contributed by atoms with Crippen molar-refractivity contribution in [2.45, 2.75) is 45.2 Å². The van der Waals surface area contributed by atoms with Crippen LogP contribution in [0.3, 0.4) is 0 Å². The Morgan fingerprint density at radius 2 is 1.85 bits per heavy atom. The van der Waals surface area contributed by atoms with Gasteiger partial charge in [0.25, 0.3) is 0 Å². The molecule has 20 heavy (non-hydrogen) atoms. The minimum absolute atomic E-state index is 0.0114. The minimum atomic E-state index is -3.69. The summed E-state index contributed by atoms with van der Waals surface area (Å²) in [4.78, 5) is 0.0114. The van der Waals surface area contributed by atoms with Crippen molar-refractivity contribution in [3.63, 3.8) is 0 Å². The largest absolute Gasteiger partial charge is 0.392 e. The summed E-state index contributed by atoms with van der Waals surface area (Å²) in [7, 11) is -3.69. The second kappa shape index (κ2) is 6.65. The predicted molar refractivity (Wildman–Crippen MR) is 76.2 cm³/mol.